The number of hydrogen-bond donors (Lipinski definition) is 1. The lowest BCUT2D eigenvalue weighted by Gasteiger charge is -2.29. The Hall–Kier alpha value is -1.35. The van der Waals surface area contributed by atoms with Crippen LogP contribution in [0, 0.1) is 0 Å². The standard InChI is InChI=1S/C14H20N2O/c1-11-9-10-16(12-7-5-4-6-8-12)13(17)14(2,3)15-11/h4-8,11,15H,9-10H2,1-3H3. The first-order valence-corrected chi connectivity index (χ1v) is 6.15. The van der Waals surface area contributed by atoms with E-state index in [1.807, 2.05) is 49.1 Å². The van der Waals surface area contributed by atoms with E-state index in [4.69, 9.17) is 0 Å². The second kappa shape index (κ2) is 4.49. The van der Waals surface area contributed by atoms with Gasteiger partial charge < -0.3 is 10.2 Å². The molecule has 0 radical (unpaired) electrons. The summed E-state index contributed by atoms with van der Waals surface area (Å²) < 4.78 is 0. The normalized spacial score (nSPS) is 24.5. The Morgan fingerprint density at radius 1 is 1.29 bits per heavy atom. The van der Waals surface area contributed by atoms with Crippen LogP contribution in [0.2, 0.25) is 0 Å². The van der Waals surface area contributed by atoms with Crippen molar-refractivity contribution in [2.24, 2.45) is 0 Å². The Kier molecular flexibility index (Phi) is 3.20. The van der Waals surface area contributed by atoms with E-state index >= 15 is 0 Å². The van der Waals surface area contributed by atoms with Gasteiger partial charge in [-0.25, -0.2) is 0 Å². The number of benzene rings is 1. The van der Waals surface area contributed by atoms with Crippen LogP contribution < -0.4 is 10.2 Å². The average molecular weight is 232 g/mol. The fraction of sp³-hybridized carbons (Fsp3) is 0.500. The minimum absolute atomic E-state index is 0.146. The van der Waals surface area contributed by atoms with Gasteiger partial charge in [-0.05, 0) is 39.3 Å². The van der Waals surface area contributed by atoms with E-state index in [1.54, 1.807) is 0 Å². The maximum atomic E-state index is 12.5. The zero-order chi connectivity index (χ0) is 12.5. The topological polar surface area (TPSA) is 32.3 Å². The van der Waals surface area contributed by atoms with Gasteiger partial charge in [0.1, 0.15) is 0 Å². The molecule has 17 heavy (non-hydrogen) atoms. The molecule has 3 nitrogen and oxygen atoms in total. The largest absolute Gasteiger partial charge is 0.311 e. The second-order valence-corrected chi connectivity index (χ2v) is 5.25. The maximum Gasteiger partial charge on any atom is 0.246 e. The van der Waals surface area contributed by atoms with Gasteiger partial charge in [-0.15, -0.1) is 0 Å². The number of carbonyl (C=O) groups is 1. The summed E-state index contributed by atoms with van der Waals surface area (Å²) in [5, 5.41) is 3.38. The molecule has 1 heterocycles. The first kappa shape index (κ1) is 12.1. The number of nitrogens with zero attached hydrogens (tertiary/aromatic N) is 1. The van der Waals surface area contributed by atoms with Crippen LogP contribution in [-0.4, -0.2) is 24.0 Å². The number of carbonyl (C=O) groups excluding carboxylic acids is 1. The molecule has 3 heteroatoms. The van der Waals surface area contributed by atoms with Crippen molar-refractivity contribution in [3.63, 3.8) is 0 Å². The summed E-state index contributed by atoms with van der Waals surface area (Å²) in [5.41, 5.74) is 0.493. The predicted octanol–water partition coefficient (Wildman–Crippen LogP) is 2.18. The van der Waals surface area contributed by atoms with Gasteiger partial charge in [-0.3, -0.25) is 4.79 Å². The Balaban J connectivity index is 2.31. The van der Waals surface area contributed by atoms with Gasteiger partial charge in [-0.1, -0.05) is 18.2 Å². The molecule has 92 valence electrons. The highest BCUT2D eigenvalue weighted by Gasteiger charge is 2.36. The molecule has 1 aliphatic heterocycles. The molecule has 0 aliphatic carbocycles. The number of nitrogens with one attached hydrogen (secondary N) is 1. The Morgan fingerprint density at radius 3 is 2.59 bits per heavy atom. The van der Waals surface area contributed by atoms with Crippen LogP contribution >= 0.6 is 0 Å². The van der Waals surface area contributed by atoms with Crippen molar-refractivity contribution in [3.05, 3.63) is 30.3 Å². The van der Waals surface area contributed by atoms with Crippen molar-refractivity contribution in [3.8, 4) is 0 Å². The summed E-state index contributed by atoms with van der Waals surface area (Å²) in [5.74, 6) is 0.146. The lowest BCUT2D eigenvalue weighted by atomic mass is 10.0. The first-order chi connectivity index (χ1) is 8.00. The second-order valence-electron chi connectivity index (χ2n) is 5.25. The van der Waals surface area contributed by atoms with Gasteiger partial charge in [0.25, 0.3) is 0 Å². The van der Waals surface area contributed by atoms with Crippen LogP contribution in [0.1, 0.15) is 27.2 Å². The summed E-state index contributed by atoms with van der Waals surface area (Å²) >= 11 is 0. The minimum Gasteiger partial charge on any atom is -0.311 e. The smallest absolute Gasteiger partial charge is 0.246 e. The maximum absolute atomic E-state index is 12.5. The Morgan fingerprint density at radius 2 is 1.94 bits per heavy atom. The molecular formula is C14H20N2O. The Labute approximate surface area is 103 Å². The third kappa shape index (κ3) is 2.50. The zero-order valence-electron chi connectivity index (χ0n) is 10.7. The van der Waals surface area contributed by atoms with Crippen LogP contribution in [0.3, 0.4) is 0 Å². The summed E-state index contributed by atoms with van der Waals surface area (Å²) in [6.07, 6.45) is 0.976. The van der Waals surface area contributed by atoms with Crippen LogP contribution in [0.25, 0.3) is 0 Å². The molecule has 2 rings (SSSR count). The van der Waals surface area contributed by atoms with Crippen LogP contribution in [-0.2, 0) is 4.79 Å². The van der Waals surface area contributed by atoms with Crippen molar-refractivity contribution in [2.75, 3.05) is 11.4 Å². The molecule has 1 aromatic carbocycles. The van der Waals surface area contributed by atoms with E-state index in [9.17, 15) is 4.79 Å². The summed E-state index contributed by atoms with van der Waals surface area (Å²) in [6.45, 7) is 6.81. The monoisotopic (exact) mass is 232 g/mol. The van der Waals surface area contributed by atoms with E-state index in [0.717, 1.165) is 18.7 Å². The van der Waals surface area contributed by atoms with E-state index in [-0.39, 0.29) is 5.91 Å². The average Bonchev–Trinajstić information content (AvgIpc) is 2.38. The molecule has 0 spiro atoms. The SMILES string of the molecule is CC1CCN(c2ccccc2)C(=O)C(C)(C)N1. The van der Waals surface area contributed by atoms with Crippen molar-refractivity contribution < 1.29 is 4.79 Å². The lowest BCUT2D eigenvalue weighted by Crippen LogP contribution is -2.53. The van der Waals surface area contributed by atoms with Gasteiger partial charge in [0.2, 0.25) is 5.91 Å². The number of para-hydroxylation sites is 1. The quantitative estimate of drug-likeness (QED) is 0.805. The third-order valence-electron chi connectivity index (χ3n) is 3.24. The lowest BCUT2D eigenvalue weighted by molar-refractivity contribution is -0.123. The van der Waals surface area contributed by atoms with Crippen LogP contribution in [0.15, 0.2) is 30.3 Å². The molecular weight excluding hydrogens is 212 g/mol. The predicted molar refractivity (Wildman–Crippen MR) is 70.1 cm³/mol. The molecule has 1 atom stereocenters. The first-order valence-electron chi connectivity index (χ1n) is 6.15. The molecule has 1 N–H and O–H groups in total. The van der Waals surface area contributed by atoms with Crippen molar-refractivity contribution in [2.45, 2.75) is 38.8 Å². The molecule has 1 amide bonds. The van der Waals surface area contributed by atoms with Crippen LogP contribution in [0.5, 0.6) is 0 Å². The number of amides is 1. The molecule has 0 saturated carbocycles. The zero-order valence-corrected chi connectivity index (χ0v) is 10.7. The summed E-state index contributed by atoms with van der Waals surface area (Å²) in [6, 6.07) is 10.3. The number of hydrogen-bond acceptors (Lipinski definition) is 2. The molecule has 1 aromatic rings. The van der Waals surface area contributed by atoms with E-state index in [2.05, 4.69) is 12.2 Å². The van der Waals surface area contributed by atoms with Gasteiger partial charge in [-0.2, -0.15) is 0 Å². The molecule has 0 bridgehead atoms. The highest BCUT2D eigenvalue weighted by Crippen LogP contribution is 2.22. The highest BCUT2D eigenvalue weighted by atomic mass is 16.2. The number of anilines is 1. The molecule has 1 fully saturated rings. The fourth-order valence-electron chi connectivity index (χ4n) is 2.37. The van der Waals surface area contributed by atoms with Crippen molar-refractivity contribution >= 4 is 11.6 Å². The van der Waals surface area contributed by atoms with Gasteiger partial charge in [0, 0.05) is 18.3 Å². The van der Waals surface area contributed by atoms with E-state index < -0.39 is 5.54 Å². The van der Waals surface area contributed by atoms with Gasteiger partial charge in [0.05, 0.1) is 5.54 Å². The summed E-state index contributed by atoms with van der Waals surface area (Å²) in [7, 11) is 0. The molecule has 1 unspecified atom stereocenters. The van der Waals surface area contributed by atoms with E-state index in [1.165, 1.54) is 0 Å². The molecule has 0 aromatic heterocycles. The van der Waals surface area contributed by atoms with Crippen LogP contribution in [0.4, 0.5) is 5.69 Å². The minimum atomic E-state index is -0.494. The molecule has 1 saturated heterocycles. The van der Waals surface area contributed by atoms with E-state index in [0.29, 0.717) is 6.04 Å². The van der Waals surface area contributed by atoms with Crippen molar-refractivity contribution in [1.82, 2.24) is 5.32 Å². The molecule has 1 aliphatic rings. The van der Waals surface area contributed by atoms with Gasteiger partial charge in [0.15, 0.2) is 0 Å². The summed E-state index contributed by atoms with van der Waals surface area (Å²) in [4.78, 5) is 14.4. The Bertz CT molecular complexity index is 400. The third-order valence-corrected chi connectivity index (χ3v) is 3.24. The van der Waals surface area contributed by atoms with Crippen molar-refractivity contribution in [1.29, 1.82) is 0 Å². The number of rotatable bonds is 1. The fourth-order valence-corrected chi connectivity index (χ4v) is 2.37. The van der Waals surface area contributed by atoms with Gasteiger partial charge >= 0.3 is 0 Å². The highest BCUT2D eigenvalue weighted by molar-refractivity contribution is 6.00.